The van der Waals surface area contributed by atoms with Gasteiger partial charge in [0.05, 0.1) is 44.7 Å². The molecule has 0 unspecified atom stereocenters. The monoisotopic (exact) mass is 983 g/mol. The minimum Gasteiger partial charge on any atom is -0.744 e. The van der Waals surface area contributed by atoms with E-state index in [4.69, 9.17) is 18.9 Å². The fourth-order valence-electron chi connectivity index (χ4n) is 8.63. The predicted molar refractivity (Wildman–Crippen MR) is 280 cm³/mol. The van der Waals surface area contributed by atoms with Gasteiger partial charge in [-0.1, -0.05) is 48.2 Å². The van der Waals surface area contributed by atoms with Gasteiger partial charge in [0.2, 0.25) is 0 Å². The van der Waals surface area contributed by atoms with E-state index in [2.05, 4.69) is 99.6 Å². The van der Waals surface area contributed by atoms with Gasteiger partial charge < -0.3 is 38.2 Å². The van der Waals surface area contributed by atoms with Crippen molar-refractivity contribution < 1.29 is 61.5 Å². The summed E-state index contributed by atoms with van der Waals surface area (Å²) < 4.78 is 57.7. The number of benzene rings is 9. The fourth-order valence-corrected chi connectivity index (χ4v) is 10.2. The summed E-state index contributed by atoms with van der Waals surface area (Å²) in [6, 6.07) is 67.8. The average Bonchev–Trinajstić information content (AvgIpc) is 3.41. The molecule has 9 aromatic carbocycles. The SMILES string of the molecule is COc1ccc(N(c2ccc(OC)cc2)c2ccc(-c3ccc4c(c3)Sc3cc(-c5ccc(N(c6ccc(OC)cc6)c6ccc(OC)cc6)cc5)ccc3N4c3ccc(S(=O)(=O)[O-])cc3)cc2)cc1.[Na+]. The van der Waals surface area contributed by atoms with E-state index in [-0.39, 0.29) is 34.5 Å². The summed E-state index contributed by atoms with van der Waals surface area (Å²) in [4.78, 5) is 8.23. The largest absolute Gasteiger partial charge is 1.00 e. The van der Waals surface area contributed by atoms with E-state index in [0.717, 1.165) is 106 Å². The van der Waals surface area contributed by atoms with Crippen LogP contribution in [-0.2, 0) is 10.1 Å². The van der Waals surface area contributed by atoms with Crippen molar-refractivity contribution in [1.29, 1.82) is 0 Å². The molecule has 0 amide bonds. The molecule has 0 saturated heterocycles. The molecule has 1 heterocycles. The van der Waals surface area contributed by atoms with E-state index in [9.17, 15) is 13.0 Å². The summed E-state index contributed by atoms with van der Waals surface area (Å²) in [7, 11) is 2.00. The molecule has 13 heteroatoms. The molecule has 348 valence electrons. The smallest absolute Gasteiger partial charge is 0.744 e. The first-order chi connectivity index (χ1) is 34.1. The van der Waals surface area contributed by atoms with Crippen LogP contribution in [0.4, 0.5) is 51.2 Å². The topological polar surface area (TPSA) is 104 Å². The molecule has 0 N–H and O–H groups in total. The van der Waals surface area contributed by atoms with Gasteiger partial charge in [-0.3, -0.25) is 0 Å². The normalized spacial score (nSPS) is 11.6. The van der Waals surface area contributed by atoms with Crippen molar-refractivity contribution in [3.8, 4) is 45.3 Å². The Morgan fingerprint density at radius 2 is 0.676 bits per heavy atom. The number of nitrogens with zero attached hydrogens (tertiary/aromatic N) is 3. The predicted octanol–water partition coefficient (Wildman–Crippen LogP) is 11.8. The molecule has 0 radical (unpaired) electrons. The summed E-state index contributed by atoms with van der Waals surface area (Å²) >= 11 is 1.68. The van der Waals surface area contributed by atoms with Crippen LogP contribution >= 0.6 is 11.8 Å². The van der Waals surface area contributed by atoms with Gasteiger partial charge in [0, 0.05) is 49.6 Å². The molecule has 9 aromatic rings. The Balaban J connectivity index is 0.00000624. The number of hydrogen-bond acceptors (Lipinski definition) is 11. The van der Waals surface area contributed by atoms with Gasteiger partial charge in [0.25, 0.3) is 0 Å². The molecule has 10 rings (SSSR count). The van der Waals surface area contributed by atoms with E-state index >= 15 is 0 Å². The van der Waals surface area contributed by atoms with E-state index in [1.54, 1.807) is 52.3 Å². The third-order valence-electron chi connectivity index (χ3n) is 12.2. The fraction of sp³-hybridized carbons (Fsp3) is 0.0690. The molecule has 0 aliphatic carbocycles. The summed E-state index contributed by atoms with van der Waals surface area (Å²) in [6.45, 7) is 0. The molecule has 0 aromatic heterocycles. The van der Waals surface area contributed by atoms with E-state index < -0.39 is 10.1 Å². The van der Waals surface area contributed by atoms with Crippen molar-refractivity contribution in [3.63, 3.8) is 0 Å². The van der Waals surface area contributed by atoms with E-state index in [1.165, 1.54) is 12.1 Å². The van der Waals surface area contributed by atoms with Crippen LogP contribution in [-0.4, -0.2) is 41.4 Å². The zero-order chi connectivity index (χ0) is 48.4. The number of hydrogen-bond donors (Lipinski definition) is 0. The average molecular weight is 984 g/mol. The molecule has 0 bridgehead atoms. The Hall–Kier alpha value is -7.16. The van der Waals surface area contributed by atoms with Crippen molar-refractivity contribution in [2.45, 2.75) is 14.7 Å². The third kappa shape index (κ3) is 10.2. The molecule has 0 spiro atoms. The Bertz CT molecular complexity index is 3110. The van der Waals surface area contributed by atoms with Crippen LogP contribution in [0.3, 0.4) is 0 Å². The van der Waals surface area contributed by atoms with Gasteiger partial charge in [0.1, 0.15) is 33.1 Å². The van der Waals surface area contributed by atoms with Crippen molar-refractivity contribution >= 4 is 73.1 Å². The van der Waals surface area contributed by atoms with Gasteiger partial charge >= 0.3 is 29.6 Å². The molecule has 0 saturated carbocycles. The molecule has 1 aliphatic rings. The number of anilines is 9. The number of ether oxygens (including phenoxy) is 4. The Morgan fingerprint density at radius 1 is 0.394 bits per heavy atom. The molecule has 0 atom stereocenters. The van der Waals surface area contributed by atoms with Gasteiger partial charge in [0.15, 0.2) is 0 Å². The van der Waals surface area contributed by atoms with Gasteiger partial charge in [-0.25, -0.2) is 8.42 Å². The summed E-state index contributed by atoms with van der Waals surface area (Å²) in [5.41, 5.74) is 12.5. The maximum atomic E-state index is 12.0. The zero-order valence-corrected chi connectivity index (χ0v) is 43.3. The minimum atomic E-state index is -4.64. The van der Waals surface area contributed by atoms with Crippen molar-refractivity contribution in [2.75, 3.05) is 43.1 Å². The Kier molecular flexibility index (Phi) is 14.5. The first-order valence-electron chi connectivity index (χ1n) is 22.3. The summed E-state index contributed by atoms with van der Waals surface area (Å²) in [5, 5.41) is 0. The Morgan fingerprint density at radius 3 is 0.958 bits per heavy atom. The quantitative estimate of drug-likeness (QED) is 0.0768. The third-order valence-corrected chi connectivity index (χ3v) is 14.2. The molecule has 0 fully saturated rings. The van der Waals surface area contributed by atoms with Gasteiger partial charge in [-0.2, -0.15) is 0 Å². The van der Waals surface area contributed by atoms with E-state index in [0.29, 0.717) is 0 Å². The zero-order valence-electron chi connectivity index (χ0n) is 39.6. The molecule has 10 nitrogen and oxygen atoms in total. The van der Waals surface area contributed by atoms with Gasteiger partial charge in [-0.15, -0.1) is 0 Å². The van der Waals surface area contributed by atoms with Crippen LogP contribution in [0, 0.1) is 0 Å². The second kappa shape index (κ2) is 21.1. The summed E-state index contributed by atoms with van der Waals surface area (Å²) in [6.07, 6.45) is 0. The molecular weight excluding hydrogens is 938 g/mol. The van der Waals surface area contributed by atoms with Crippen molar-refractivity contribution in [1.82, 2.24) is 0 Å². The molecule has 71 heavy (non-hydrogen) atoms. The van der Waals surface area contributed by atoms with Crippen LogP contribution in [0.2, 0.25) is 0 Å². The number of fused-ring (bicyclic) bond motifs is 2. The maximum Gasteiger partial charge on any atom is 1.00 e. The summed E-state index contributed by atoms with van der Waals surface area (Å²) in [5.74, 6) is 3.10. The second-order valence-electron chi connectivity index (χ2n) is 16.3. The van der Waals surface area contributed by atoms with Crippen LogP contribution in [0.15, 0.2) is 221 Å². The maximum absolute atomic E-state index is 12.0. The van der Waals surface area contributed by atoms with Crippen molar-refractivity contribution in [3.05, 3.63) is 206 Å². The number of rotatable bonds is 14. The van der Waals surface area contributed by atoms with Crippen LogP contribution in [0.1, 0.15) is 0 Å². The Labute approximate surface area is 440 Å². The molecule has 1 aliphatic heterocycles. The van der Waals surface area contributed by atoms with Crippen LogP contribution in [0.5, 0.6) is 23.0 Å². The first-order valence-corrected chi connectivity index (χ1v) is 24.5. The van der Waals surface area contributed by atoms with Crippen LogP contribution in [0.25, 0.3) is 22.3 Å². The standard InChI is InChI=1S/C58H47N3O7S2.Na/c1-65-50-25-15-45(16-26-50)59(46-17-27-51(66-2)28-18-46)43-11-5-39(6-12-43)41-9-35-55-57(37-41)69-58-38-42(10-36-56(58)61(55)49-23-33-54(34-24-49)70(62,63)64)40-7-13-44(14-8-40)60(47-19-29-52(67-3)30-20-47)48-21-31-53(68-4)32-22-48;/h5-38H,1-4H3,(H,62,63,64);/q;+1/p-1. The van der Waals surface area contributed by atoms with Crippen LogP contribution < -0.4 is 63.2 Å². The molecular formula is C58H46N3NaO7S2. The minimum absolute atomic E-state index is 0. The first kappa shape index (κ1) is 48.8. The van der Waals surface area contributed by atoms with E-state index in [1.807, 2.05) is 97.1 Å². The second-order valence-corrected chi connectivity index (χ2v) is 18.8. The van der Waals surface area contributed by atoms with Crippen molar-refractivity contribution in [2.24, 2.45) is 0 Å². The number of methoxy groups -OCH3 is 4. The van der Waals surface area contributed by atoms with Gasteiger partial charge in [-0.05, 0) is 192 Å².